The molecule has 3 aromatic rings. The van der Waals surface area contributed by atoms with Gasteiger partial charge in [-0.05, 0) is 47.4 Å². The van der Waals surface area contributed by atoms with Crippen LogP contribution in [0.2, 0.25) is 0 Å². The van der Waals surface area contributed by atoms with Crippen LogP contribution in [0.1, 0.15) is 38.5 Å². The molecule has 0 spiro atoms. The Morgan fingerprint density at radius 1 is 0.923 bits per heavy atom. The Morgan fingerprint density at radius 2 is 1.62 bits per heavy atom. The zero-order valence-electron chi connectivity index (χ0n) is 14.2. The maximum Gasteiger partial charge on any atom is 0.251 e. The van der Waals surface area contributed by atoms with Gasteiger partial charge in [-0.1, -0.05) is 54.6 Å². The number of nitriles is 1. The molecule has 3 aromatic carbocycles. The van der Waals surface area contributed by atoms with Crippen molar-refractivity contribution in [3.05, 3.63) is 107 Å². The molecule has 0 saturated carbocycles. The fraction of sp³-hybridized carbons (Fsp3) is 0.130. The lowest BCUT2D eigenvalue weighted by molar-refractivity contribution is 0.0935. The largest absolute Gasteiger partial charge is 0.348 e. The Balaban J connectivity index is 1.63. The monoisotopic (exact) mass is 338 g/mol. The number of nitrogens with one attached hydrogen (secondary N) is 1. The number of hydrogen-bond donors (Lipinski definition) is 1. The van der Waals surface area contributed by atoms with Crippen molar-refractivity contribution in [2.75, 3.05) is 0 Å². The molecule has 0 fully saturated rings. The van der Waals surface area contributed by atoms with E-state index in [-0.39, 0.29) is 17.9 Å². The summed E-state index contributed by atoms with van der Waals surface area (Å²) >= 11 is 0. The second kappa shape index (κ2) is 6.85. The smallest absolute Gasteiger partial charge is 0.251 e. The van der Waals surface area contributed by atoms with E-state index < -0.39 is 0 Å². The van der Waals surface area contributed by atoms with Crippen LogP contribution < -0.4 is 5.32 Å². The summed E-state index contributed by atoms with van der Waals surface area (Å²) in [7, 11) is 0. The van der Waals surface area contributed by atoms with Gasteiger partial charge in [-0.3, -0.25) is 4.79 Å². The molecule has 0 aromatic heterocycles. The summed E-state index contributed by atoms with van der Waals surface area (Å²) in [5.41, 5.74) is 4.90. The first-order chi connectivity index (χ1) is 12.8. The normalized spacial score (nSPS) is 18.0. The number of rotatable bonds is 3. The molecule has 0 radical (unpaired) electrons. The standard InChI is InChI=1S/C23H18N2O/c24-15-16-10-12-18(13-11-16)23(26)25-21-14-19-8-4-5-9-20(19)22(21)17-6-2-1-3-7-17/h1-13,21-22H,14H2,(H,25,26). The van der Waals surface area contributed by atoms with Gasteiger partial charge in [-0.25, -0.2) is 0 Å². The topological polar surface area (TPSA) is 52.9 Å². The quantitative estimate of drug-likeness (QED) is 0.783. The summed E-state index contributed by atoms with van der Waals surface area (Å²) < 4.78 is 0. The van der Waals surface area contributed by atoms with Gasteiger partial charge in [0.1, 0.15) is 0 Å². The van der Waals surface area contributed by atoms with Crippen LogP contribution in [0.5, 0.6) is 0 Å². The van der Waals surface area contributed by atoms with E-state index in [0.717, 1.165) is 6.42 Å². The number of nitrogens with zero attached hydrogens (tertiary/aromatic N) is 1. The molecule has 4 rings (SSSR count). The highest BCUT2D eigenvalue weighted by Gasteiger charge is 2.34. The van der Waals surface area contributed by atoms with Crippen LogP contribution in [0.3, 0.4) is 0 Å². The predicted octanol–water partition coefficient (Wildman–Crippen LogP) is 4.04. The first kappa shape index (κ1) is 16.1. The molecule has 0 aliphatic heterocycles. The molecule has 0 bridgehead atoms. The molecule has 1 amide bonds. The Hall–Kier alpha value is -3.38. The number of hydrogen-bond acceptors (Lipinski definition) is 2. The van der Waals surface area contributed by atoms with Crippen molar-refractivity contribution in [1.29, 1.82) is 5.26 Å². The van der Waals surface area contributed by atoms with Crippen LogP contribution in [-0.2, 0) is 6.42 Å². The molecule has 3 nitrogen and oxygen atoms in total. The maximum atomic E-state index is 12.7. The van der Waals surface area contributed by atoms with E-state index in [9.17, 15) is 4.79 Å². The minimum absolute atomic E-state index is 0.0120. The molecule has 3 heteroatoms. The maximum absolute atomic E-state index is 12.7. The van der Waals surface area contributed by atoms with Crippen LogP contribution in [0.25, 0.3) is 0 Å². The summed E-state index contributed by atoms with van der Waals surface area (Å²) in [6.45, 7) is 0. The van der Waals surface area contributed by atoms with Gasteiger partial charge in [-0.15, -0.1) is 0 Å². The first-order valence-corrected chi connectivity index (χ1v) is 8.70. The Morgan fingerprint density at radius 3 is 2.35 bits per heavy atom. The second-order valence-electron chi connectivity index (χ2n) is 6.56. The minimum Gasteiger partial charge on any atom is -0.348 e. The van der Waals surface area contributed by atoms with E-state index >= 15 is 0 Å². The molecule has 1 aliphatic carbocycles. The zero-order chi connectivity index (χ0) is 17.9. The first-order valence-electron chi connectivity index (χ1n) is 8.70. The molecule has 0 heterocycles. The average molecular weight is 338 g/mol. The van der Waals surface area contributed by atoms with Gasteiger partial charge in [0.05, 0.1) is 11.6 Å². The van der Waals surface area contributed by atoms with Crippen LogP contribution in [0, 0.1) is 11.3 Å². The van der Waals surface area contributed by atoms with Crippen molar-refractivity contribution in [1.82, 2.24) is 5.32 Å². The van der Waals surface area contributed by atoms with Gasteiger partial charge in [0.2, 0.25) is 0 Å². The van der Waals surface area contributed by atoms with Crippen molar-refractivity contribution in [2.24, 2.45) is 0 Å². The van der Waals surface area contributed by atoms with Gasteiger partial charge in [-0.2, -0.15) is 5.26 Å². The van der Waals surface area contributed by atoms with E-state index in [1.165, 1.54) is 16.7 Å². The molecule has 0 saturated heterocycles. The lowest BCUT2D eigenvalue weighted by Crippen LogP contribution is -2.38. The summed E-state index contributed by atoms with van der Waals surface area (Å²) in [4.78, 5) is 12.7. The molecule has 2 atom stereocenters. The number of amides is 1. The van der Waals surface area contributed by atoms with Crippen molar-refractivity contribution >= 4 is 5.91 Å². The van der Waals surface area contributed by atoms with Crippen LogP contribution >= 0.6 is 0 Å². The Labute approximate surface area is 152 Å². The molecule has 26 heavy (non-hydrogen) atoms. The van der Waals surface area contributed by atoms with E-state index in [1.807, 2.05) is 24.3 Å². The molecule has 1 aliphatic rings. The summed E-state index contributed by atoms with van der Waals surface area (Å²) in [6.07, 6.45) is 0.817. The Bertz CT molecular complexity index is 971. The summed E-state index contributed by atoms with van der Waals surface area (Å²) in [6, 6.07) is 27.6. The molecule has 1 N–H and O–H groups in total. The van der Waals surface area contributed by atoms with Crippen molar-refractivity contribution in [3.63, 3.8) is 0 Å². The molecular weight excluding hydrogens is 320 g/mol. The predicted molar refractivity (Wildman–Crippen MR) is 101 cm³/mol. The average Bonchev–Trinajstić information content (AvgIpc) is 3.06. The van der Waals surface area contributed by atoms with Crippen LogP contribution in [0.4, 0.5) is 0 Å². The van der Waals surface area contributed by atoms with Crippen molar-refractivity contribution in [2.45, 2.75) is 18.4 Å². The third kappa shape index (κ3) is 2.98. The van der Waals surface area contributed by atoms with Gasteiger partial charge >= 0.3 is 0 Å². The van der Waals surface area contributed by atoms with Crippen LogP contribution in [0.15, 0.2) is 78.9 Å². The van der Waals surface area contributed by atoms with Gasteiger partial charge in [0.15, 0.2) is 0 Å². The summed E-state index contributed by atoms with van der Waals surface area (Å²) in [5.74, 6) is 0.0444. The SMILES string of the molecule is N#Cc1ccc(C(=O)NC2Cc3ccccc3C2c2ccccc2)cc1. The zero-order valence-corrected chi connectivity index (χ0v) is 14.2. The third-order valence-corrected chi connectivity index (χ3v) is 4.98. The molecule has 126 valence electrons. The summed E-state index contributed by atoms with van der Waals surface area (Å²) in [5, 5.41) is 12.1. The number of fused-ring (bicyclic) bond motifs is 1. The highest BCUT2D eigenvalue weighted by Crippen LogP contribution is 2.38. The van der Waals surface area contributed by atoms with Gasteiger partial charge < -0.3 is 5.32 Å². The lowest BCUT2D eigenvalue weighted by Gasteiger charge is -2.22. The van der Waals surface area contributed by atoms with Gasteiger partial charge in [0.25, 0.3) is 5.91 Å². The molecule has 2 unspecified atom stereocenters. The van der Waals surface area contributed by atoms with E-state index in [4.69, 9.17) is 5.26 Å². The number of benzene rings is 3. The number of carbonyl (C=O) groups excluding carboxylic acids is 1. The highest BCUT2D eigenvalue weighted by molar-refractivity contribution is 5.94. The van der Waals surface area contributed by atoms with E-state index in [1.54, 1.807) is 24.3 Å². The van der Waals surface area contributed by atoms with Crippen molar-refractivity contribution < 1.29 is 4.79 Å². The van der Waals surface area contributed by atoms with Crippen LogP contribution in [-0.4, -0.2) is 11.9 Å². The second-order valence-corrected chi connectivity index (χ2v) is 6.56. The molecular formula is C23H18N2O. The van der Waals surface area contributed by atoms with E-state index in [2.05, 4.69) is 41.7 Å². The lowest BCUT2D eigenvalue weighted by atomic mass is 9.90. The third-order valence-electron chi connectivity index (χ3n) is 4.98. The number of carbonyl (C=O) groups is 1. The Kier molecular flexibility index (Phi) is 4.25. The fourth-order valence-electron chi connectivity index (χ4n) is 3.75. The minimum atomic E-state index is -0.103. The van der Waals surface area contributed by atoms with E-state index in [0.29, 0.717) is 11.1 Å². The van der Waals surface area contributed by atoms with Crippen molar-refractivity contribution in [3.8, 4) is 6.07 Å². The van der Waals surface area contributed by atoms with Gasteiger partial charge in [0, 0.05) is 17.5 Å². The fourth-order valence-corrected chi connectivity index (χ4v) is 3.75. The highest BCUT2D eigenvalue weighted by atomic mass is 16.1.